The monoisotopic (exact) mass is 359 g/mol. The van der Waals surface area contributed by atoms with E-state index < -0.39 is 12.1 Å². The van der Waals surface area contributed by atoms with Crippen LogP contribution in [0.1, 0.15) is 55.3 Å². The van der Waals surface area contributed by atoms with Gasteiger partial charge in [0, 0.05) is 18.9 Å². The molecule has 140 valence electrons. The lowest BCUT2D eigenvalue weighted by Gasteiger charge is -2.22. The number of hydrogen-bond donors (Lipinski definition) is 1. The van der Waals surface area contributed by atoms with E-state index in [1.165, 1.54) is 19.3 Å². The summed E-state index contributed by atoms with van der Waals surface area (Å²) in [6.45, 7) is 2.65. The fourth-order valence-electron chi connectivity index (χ4n) is 3.18. The summed E-state index contributed by atoms with van der Waals surface area (Å²) in [5.74, 6) is 0.295. The standard InChI is InChI=1S/C19H25N3O4/c1-14(18(23)20-12-15-6-3-2-4-7-15)25-19(24)17-9-8-16(26-17)13-22-11-5-10-21-22/h5,8-11,14-15H,2-4,6-7,12-13H2,1H3,(H,20,23). The van der Waals surface area contributed by atoms with E-state index in [-0.39, 0.29) is 11.7 Å². The van der Waals surface area contributed by atoms with Crippen LogP contribution in [0, 0.1) is 5.92 Å². The Balaban J connectivity index is 1.45. The molecule has 0 saturated heterocycles. The Morgan fingerprint density at radius 1 is 1.35 bits per heavy atom. The van der Waals surface area contributed by atoms with Crippen LogP contribution in [0.3, 0.4) is 0 Å². The highest BCUT2D eigenvalue weighted by Crippen LogP contribution is 2.22. The van der Waals surface area contributed by atoms with Gasteiger partial charge in [-0.25, -0.2) is 4.79 Å². The summed E-state index contributed by atoms with van der Waals surface area (Å²) in [4.78, 5) is 24.3. The second-order valence-electron chi connectivity index (χ2n) is 6.77. The van der Waals surface area contributed by atoms with Crippen LogP contribution in [0.25, 0.3) is 0 Å². The molecule has 1 saturated carbocycles. The van der Waals surface area contributed by atoms with E-state index in [9.17, 15) is 9.59 Å². The van der Waals surface area contributed by atoms with Gasteiger partial charge in [0.05, 0.1) is 6.54 Å². The van der Waals surface area contributed by atoms with Crippen molar-refractivity contribution in [2.75, 3.05) is 6.54 Å². The van der Waals surface area contributed by atoms with Gasteiger partial charge in [-0.1, -0.05) is 19.3 Å². The number of aromatic nitrogens is 2. The van der Waals surface area contributed by atoms with Crippen molar-refractivity contribution in [3.63, 3.8) is 0 Å². The Hall–Kier alpha value is -2.57. The van der Waals surface area contributed by atoms with Crippen LogP contribution in [0.5, 0.6) is 0 Å². The van der Waals surface area contributed by atoms with Crippen LogP contribution in [-0.4, -0.2) is 34.3 Å². The summed E-state index contributed by atoms with van der Waals surface area (Å²) >= 11 is 0. The second kappa shape index (κ2) is 8.69. The van der Waals surface area contributed by atoms with Gasteiger partial charge in [-0.2, -0.15) is 5.10 Å². The van der Waals surface area contributed by atoms with Gasteiger partial charge in [0.25, 0.3) is 5.91 Å². The minimum atomic E-state index is -0.856. The maximum atomic E-state index is 12.2. The number of nitrogens with one attached hydrogen (secondary N) is 1. The van der Waals surface area contributed by atoms with Gasteiger partial charge in [-0.05, 0) is 43.9 Å². The molecule has 1 amide bonds. The van der Waals surface area contributed by atoms with Gasteiger partial charge < -0.3 is 14.5 Å². The summed E-state index contributed by atoms with van der Waals surface area (Å²) in [6.07, 6.45) is 8.66. The van der Waals surface area contributed by atoms with E-state index in [0.717, 1.165) is 12.8 Å². The van der Waals surface area contributed by atoms with Crippen molar-refractivity contribution in [1.29, 1.82) is 0 Å². The average Bonchev–Trinajstić information content (AvgIpc) is 3.33. The summed E-state index contributed by atoms with van der Waals surface area (Å²) < 4.78 is 12.4. The number of amides is 1. The first-order valence-corrected chi connectivity index (χ1v) is 9.16. The van der Waals surface area contributed by atoms with E-state index in [1.807, 2.05) is 6.07 Å². The smallest absolute Gasteiger partial charge is 0.375 e. The predicted molar refractivity (Wildman–Crippen MR) is 94.5 cm³/mol. The number of rotatable bonds is 7. The fraction of sp³-hybridized carbons (Fsp3) is 0.526. The van der Waals surface area contributed by atoms with Gasteiger partial charge in [0.2, 0.25) is 5.76 Å². The molecule has 0 spiro atoms. The third-order valence-electron chi connectivity index (χ3n) is 4.68. The molecule has 7 nitrogen and oxygen atoms in total. The van der Waals surface area contributed by atoms with E-state index >= 15 is 0 Å². The fourth-order valence-corrected chi connectivity index (χ4v) is 3.18. The normalized spacial score (nSPS) is 16.2. The van der Waals surface area contributed by atoms with Crippen molar-refractivity contribution >= 4 is 11.9 Å². The van der Waals surface area contributed by atoms with Crippen molar-refractivity contribution in [3.8, 4) is 0 Å². The molecule has 0 aliphatic heterocycles. The quantitative estimate of drug-likeness (QED) is 0.768. The van der Waals surface area contributed by atoms with Crippen molar-refractivity contribution in [1.82, 2.24) is 15.1 Å². The van der Waals surface area contributed by atoms with Gasteiger partial charge in [-0.15, -0.1) is 0 Å². The first-order valence-electron chi connectivity index (χ1n) is 9.16. The Morgan fingerprint density at radius 3 is 2.88 bits per heavy atom. The largest absolute Gasteiger partial charge is 0.452 e. The molecule has 2 aromatic rings. The predicted octanol–water partition coefficient (Wildman–Crippen LogP) is 2.77. The number of ether oxygens (including phenoxy) is 1. The molecule has 1 unspecified atom stereocenters. The van der Waals surface area contributed by atoms with Gasteiger partial charge >= 0.3 is 5.97 Å². The zero-order valence-corrected chi connectivity index (χ0v) is 15.0. The number of esters is 1. The Morgan fingerprint density at radius 2 is 2.15 bits per heavy atom. The zero-order chi connectivity index (χ0) is 18.4. The minimum absolute atomic E-state index is 0.0825. The molecule has 1 N–H and O–H groups in total. The van der Waals surface area contributed by atoms with Gasteiger partial charge in [0.1, 0.15) is 5.76 Å². The highest BCUT2D eigenvalue weighted by Gasteiger charge is 2.22. The van der Waals surface area contributed by atoms with E-state index in [1.54, 1.807) is 36.1 Å². The van der Waals surface area contributed by atoms with Crippen LogP contribution >= 0.6 is 0 Å². The molecular formula is C19H25N3O4. The Kier molecular flexibility index (Phi) is 6.09. The average molecular weight is 359 g/mol. The Bertz CT molecular complexity index is 717. The number of nitrogens with zero attached hydrogens (tertiary/aromatic N) is 2. The van der Waals surface area contributed by atoms with Crippen LogP contribution in [0.4, 0.5) is 0 Å². The van der Waals surface area contributed by atoms with E-state index in [4.69, 9.17) is 9.15 Å². The van der Waals surface area contributed by atoms with E-state index in [0.29, 0.717) is 24.8 Å². The second-order valence-corrected chi connectivity index (χ2v) is 6.77. The SMILES string of the molecule is CC(OC(=O)c1ccc(Cn2cccn2)o1)C(=O)NCC1CCCCC1. The Labute approximate surface area is 152 Å². The zero-order valence-electron chi connectivity index (χ0n) is 15.0. The topological polar surface area (TPSA) is 86.4 Å². The van der Waals surface area contributed by atoms with Crippen molar-refractivity contribution in [2.24, 2.45) is 5.92 Å². The number of hydrogen-bond acceptors (Lipinski definition) is 5. The van der Waals surface area contributed by atoms with Crippen LogP contribution in [0.15, 0.2) is 35.0 Å². The molecule has 7 heteroatoms. The van der Waals surface area contributed by atoms with Gasteiger partial charge in [0.15, 0.2) is 6.10 Å². The molecule has 1 atom stereocenters. The van der Waals surface area contributed by atoms with E-state index in [2.05, 4.69) is 10.4 Å². The van der Waals surface area contributed by atoms with Crippen molar-refractivity contribution in [3.05, 3.63) is 42.1 Å². The number of furan rings is 1. The molecule has 3 rings (SSSR count). The summed E-state index contributed by atoms with van der Waals surface area (Å²) in [6, 6.07) is 5.06. The first kappa shape index (κ1) is 18.2. The number of carbonyl (C=O) groups is 2. The maximum Gasteiger partial charge on any atom is 0.375 e. The minimum Gasteiger partial charge on any atom is -0.452 e. The maximum absolute atomic E-state index is 12.2. The molecule has 1 aliphatic carbocycles. The van der Waals surface area contributed by atoms with Crippen molar-refractivity contribution < 1.29 is 18.7 Å². The summed E-state index contributed by atoms with van der Waals surface area (Å²) in [7, 11) is 0. The molecule has 0 aromatic carbocycles. The van der Waals surface area contributed by atoms with Crippen LogP contribution in [0.2, 0.25) is 0 Å². The molecule has 0 radical (unpaired) electrons. The van der Waals surface area contributed by atoms with Crippen LogP contribution < -0.4 is 5.32 Å². The molecule has 2 heterocycles. The third-order valence-corrected chi connectivity index (χ3v) is 4.68. The molecular weight excluding hydrogens is 334 g/mol. The third kappa shape index (κ3) is 4.97. The lowest BCUT2D eigenvalue weighted by molar-refractivity contribution is -0.129. The first-order chi connectivity index (χ1) is 12.6. The highest BCUT2D eigenvalue weighted by atomic mass is 16.6. The number of carbonyl (C=O) groups excluding carboxylic acids is 2. The molecule has 1 fully saturated rings. The lowest BCUT2D eigenvalue weighted by atomic mass is 9.89. The summed E-state index contributed by atoms with van der Waals surface area (Å²) in [5.41, 5.74) is 0. The highest BCUT2D eigenvalue weighted by molar-refractivity contribution is 5.90. The van der Waals surface area contributed by atoms with Gasteiger partial charge in [-0.3, -0.25) is 9.48 Å². The lowest BCUT2D eigenvalue weighted by Crippen LogP contribution is -2.38. The summed E-state index contributed by atoms with van der Waals surface area (Å²) in [5, 5.41) is 6.97. The molecule has 0 bridgehead atoms. The molecule has 2 aromatic heterocycles. The molecule has 1 aliphatic rings. The van der Waals surface area contributed by atoms with Crippen LogP contribution in [-0.2, 0) is 16.1 Å². The van der Waals surface area contributed by atoms with Crippen molar-refractivity contribution in [2.45, 2.75) is 51.7 Å². The molecule has 26 heavy (non-hydrogen) atoms.